The minimum absolute atomic E-state index is 0.0248. The van der Waals surface area contributed by atoms with Crippen LogP contribution in [-0.2, 0) is 0 Å². The topological polar surface area (TPSA) is 78.0 Å². The first kappa shape index (κ1) is 16.2. The molecular formula is C17H16FN3O2S. The Morgan fingerprint density at radius 2 is 2.21 bits per heavy atom. The third-order valence-corrected chi connectivity index (χ3v) is 4.71. The molecule has 0 saturated heterocycles. The second-order valence-corrected chi connectivity index (χ2v) is 6.32. The lowest BCUT2D eigenvalue weighted by Crippen LogP contribution is -2.27. The van der Waals surface area contributed by atoms with E-state index in [9.17, 15) is 14.3 Å². The van der Waals surface area contributed by atoms with E-state index in [1.54, 1.807) is 18.5 Å². The third-order valence-electron chi connectivity index (χ3n) is 3.73. The molecule has 0 radical (unpaired) electrons. The number of aromatic hydroxyl groups is 1. The maximum absolute atomic E-state index is 14.5. The Bertz CT molecular complexity index is 888. The van der Waals surface area contributed by atoms with Gasteiger partial charge in [-0.05, 0) is 25.5 Å². The fraction of sp³-hybridized carbons (Fsp3) is 0.176. The monoisotopic (exact) mass is 345 g/mol. The van der Waals surface area contributed by atoms with Crippen molar-refractivity contribution in [1.82, 2.24) is 15.3 Å². The summed E-state index contributed by atoms with van der Waals surface area (Å²) in [5, 5.41) is 12.0. The van der Waals surface area contributed by atoms with Gasteiger partial charge in [0.25, 0.3) is 5.91 Å². The van der Waals surface area contributed by atoms with Gasteiger partial charge in [0.15, 0.2) is 0 Å². The van der Waals surface area contributed by atoms with Gasteiger partial charge in [0.1, 0.15) is 17.3 Å². The van der Waals surface area contributed by atoms with Crippen LogP contribution in [0.1, 0.15) is 34.7 Å². The number of thiazole rings is 1. The molecule has 1 aromatic carbocycles. The zero-order chi connectivity index (χ0) is 17.3. The van der Waals surface area contributed by atoms with E-state index in [1.165, 1.54) is 29.7 Å². The molecule has 3 N–H and O–H groups in total. The second kappa shape index (κ2) is 6.45. The summed E-state index contributed by atoms with van der Waals surface area (Å²) in [6, 6.07) is 5.75. The molecule has 0 aliphatic rings. The van der Waals surface area contributed by atoms with Crippen molar-refractivity contribution in [2.24, 2.45) is 0 Å². The molecule has 24 heavy (non-hydrogen) atoms. The van der Waals surface area contributed by atoms with Gasteiger partial charge >= 0.3 is 0 Å². The largest absolute Gasteiger partial charge is 0.506 e. The predicted molar refractivity (Wildman–Crippen MR) is 90.6 cm³/mol. The number of hydrogen-bond acceptors (Lipinski definition) is 4. The van der Waals surface area contributed by atoms with E-state index < -0.39 is 11.9 Å². The number of benzene rings is 1. The number of aromatic nitrogens is 2. The van der Waals surface area contributed by atoms with Gasteiger partial charge in [0.2, 0.25) is 0 Å². The molecular weight excluding hydrogens is 329 g/mol. The zero-order valence-electron chi connectivity index (χ0n) is 13.1. The number of carbonyl (C=O) groups excluding carboxylic acids is 1. The summed E-state index contributed by atoms with van der Waals surface area (Å²) in [5.74, 6) is -0.824. The van der Waals surface area contributed by atoms with Gasteiger partial charge in [-0.25, -0.2) is 9.37 Å². The van der Waals surface area contributed by atoms with Gasteiger partial charge in [0.05, 0.1) is 22.1 Å². The van der Waals surface area contributed by atoms with Gasteiger partial charge < -0.3 is 15.4 Å². The van der Waals surface area contributed by atoms with Crippen LogP contribution >= 0.6 is 11.3 Å². The third kappa shape index (κ3) is 3.16. The summed E-state index contributed by atoms with van der Waals surface area (Å²) in [7, 11) is 0. The molecule has 5 nitrogen and oxygen atoms in total. The van der Waals surface area contributed by atoms with Crippen molar-refractivity contribution in [2.45, 2.75) is 19.9 Å². The minimum atomic E-state index is -0.514. The molecule has 0 bridgehead atoms. The Kier molecular flexibility index (Phi) is 4.35. The van der Waals surface area contributed by atoms with Crippen LogP contribution in [0.2, 0.25) is 0 Å². The summed E-state index contributed by atoms with van der Waals surface area (Å²) in [6.07, 6.45) is 1.31. The summed E-state index contributed by atoms with van der Waals surface area (Å²) in [6.45, 7) is 3.59. The first-order valence-electron chi connectivity index (χ1n) is 7.34. The van der Waals surface area contributed by atoms with Gasteiger partial charge in [-0.15, -0.1) is 11.3 Å². The molecule has 2 heterocycles. The molecule has 3 rings (SSSR count). The van der Waals surface area contributed by atoms with Crippen LogP contribution in [0, 0.1) is 12.7 Å². The minimum Gasteiger partial charge on any atom is -0.506 e. The SMILES string of the molecule is Cc1ncsc1-c1ccc([C@H](C)NC(=O)c2cc(O)c[nH]2)c(F)c1. The molecule has 2 aromatic heterocycles. The lowest BCUT2D eigenvalue weighted by Gasteiger charge is -2.15. The predicted octanol–water partition coefficient (Wildman–Crippen LogP) is 3.78. The molecule has 0 saturated carbocycles. The summed E-state index contributed by atoms with van der Waals surface area (Å²) in [4.78, 5) is 19.8. The van der Waals surface area contributed by atoms with E-state index in [0.717, 1.165) is 16.1 Å². The van der Waals surface area contributed by atoms with E-state index in [-0.39, 0.29) is 17.3 Å². The van der Waals surface area contributed by atoms with Gasteiger partial charge in [-0.2, -0.15) is 0 Å². The van der Waals surface area contributed by atoms with Crippen molar-refractivity contribution in [3.63, 3.8) is 0 Å². The van der Waals surface area contributed by atoms with Crippen molar-refractivity contribution < 1.29 is 14.3 Å². The lowest BCUT2D eigenvalue weighted by molar-refractivity contribution is 0.0935. The number of aromatic amines is 1. The standard InChI is InChI=1S/C17H16FN3O2S/c1-9(21-17(23)15-6-12(22)7-19-15)13-4-3-11(5-14(13)18)16-10(2)20-8-24-16/h3-9,19,22H,1-2H3,(H,21,23)/t9-/m0/s1. The number of rotatable bonds is 4. The van der Waals surface area contributed by atoms with Crippen molar-refractivity contribution in [1.29, 1.82) is 0 Å². The first-order valence-corrected chi connectivity index (χ1v) is 8.22. The van der Waals surface area contributed by atoms with E-state index >= 15 is 0 Å². The highest BCUT2D eigenvalue weighted by Gasteiger charge is 2.17. The van der Waals surface area contributed by atoms with E-state index in [1.807, 2.05) is 13.0 Å². The molecule has 1 atom stereocenters. The van der Waals surface area contributed by atoms with Crippen molar-refractivity contribution >= 4 is 17.2 Å². The summed E-state index contributed by atoms with van der Waals surface area (Å²) in [5.41, 5.74) is 3.97. The van der Waals surface area contributed by atoms with Crippen LogP contribution in [0.25, 0.3) is 10.4 Å². The van der Waals surface area contributed by atoms with Crippen molar-refractivity contribution in [3.05, 3.63) is 58.7 Å². The molecule has 3 aromatic rings. The summed E-state index contributed by atoms with van der Waals surface area (Å²) < 4.78 is 14.5. The number of halogens is 1. The van der Waals surface area contributed by atoms with E-state index in [4.69, 9.17) is 0 Å². The normalized spacial score (nSPS) is 12.1. The average Bonchev–Trinajstić information content (AvgIpc) is 3.15. The quantitative estimate of drug-likeness (QED) is 0.673. The van der Waals surface area contributed by atoms with E-state index in [0.29, 0.717) is 5.56 Å². The molecule has 7 heteroatoms. The van der Waals surface area contributed by atoms with Gasteiger partial charge in [-0.1, -0.05) is 12.1 Å². The van der Waals surface area contributed by atoms with Crippen molar-refractivity contribution in [3.8, 4) is 16.2 Å². The van der Waals surface area contributed by atoms with Crippen LogP contribution in [-0.4, -0.2) is 21.0 Å². The number of amides is 1. The maximum atomic E-state index is 14.5. The van der Waals surface area contributed by atoms with E-state index in [2.05, 4.69) is 15.3 Å². The Morgan fingerprint density at radius 3 is 2.79 bits per heavy atom. The number of H-pyrrole nitrogens is 1. The molecule has 0 unspecified atom stereocenters. The summed E-state index contributed by atoms with van der Waals surface area (Å²) >= 11 is 1.46. The highest BCUT2D eigenvalue weighted by Crippen LogP contribution is 2.30. The van der Waals surface area contributed by atoms with Crippen LogP contribution in [0.4, 0.5) is 4.39 Å². The fourth-order valence-electron chi connectivity index (χ4n) is 2.46. The Balaban J connectivity index is 1.79. The Hall–Kier alpha value is -2.67. The second-order valence-electron chi connectivity index (χ2n) is 5.47. The number of carbonyl (C=O) groups is 1. The Labute approximate surface area is 142 Å². The highest BCUT2D eigenvalue weighted by molar-refractivity contribution is 7.13. The van der Waals surface area contributed by atoms with Crippen LogP contribution in [0.5, 0.6) is 5.75 Å². The van der Waals surface area contributed by atoms with Crippen LogP contribution in [0.3, 0.4) is 0 Å². The molecule has 124 valence electrons. The average molecular weight is 345 g/mol. The van der Waals surface area contributed by atoms with Gasteiger partial charge in [0, 0.05) is 17.8 Å². The number of nitrogens with one attached hydrogen (secondary N) is 2. The number of hydrogen-bond donors (Lipinski definition) is 3. The maximum Gasteiger partial charge on any atom is 0.268 e. The zero-order valence-corrected chi connectivity index (χ0v) is 13.9. The Morgan fingerprint density at radius 1 is 1.42 bits per heavy atom. The highest BCUT2D eigenvalue weighted by atomic mass is 32.1. The smallest absolute Gasteiger partial charge is 0.268 e. The molecule has 0 aliphatic heterocycles. The number of aryl methyl sites for hydroxylation is 1. The molecule has 0 aliphatic carbocycles. The molecule has 0 spiro atoms. The number of nitrogens with zero attached hydrogens (tertiary/aromatic N) is 1. The molecule has 1 amide bonds. The van der Waals surface area contributed by atoms with Gasteiger partial charge in [-0.3, -0.25) is 4.79 Å². The molecule has 0 fully saturated rings. The van der Waals surface area contributed by atoms with Crippen molar-refractivity contribution in [2.75, 3.05) is 0 Å². The van der Waals surface area contributed by atoms with Crippen LogP contribution in [0.15, 0.2) is 36.0 Å². The van der Waals surface area contributed by atoms with Crippen LogP contribution < -0.4 is 5.32 Å². The first-order chi connectivity index (χ1) is 11.5. The fourth-order valence-corrected chi connectivity index (χ4v) is 3.27. The lowest BCUT2D eigenvalue weighted by atomic mass is 10.0.